The minimum atomic E-state index is -0.520. The molecule has 0 saturated carbocycles. The van der Waals surface area contributed by atoms with Crippen LogP contribution >= 0.6 is 0 Å². The molecule has 0 aliphatic rings. The van der Waals surface area contributed by atoms with Gasteiger partial charge in [0.05, 0.1) is 0 Å². The number of rotatable bonds is 6. The maximum atomic E-state index is 9.92. The van der Waals surface area contributed by atoms with Gasteiger partial charge in [-0.05, 0) is 44.0 Å². The summed E-state index contributed by atoms with van der Waals surface area (Å²) in [7, 11) is 0. The Hall–Kier alpha value is -1.84. The molecule has 0 fully saturated rings. The van der Waals surface area contributed by atoms with Crippen LogP contribution in [0.5, 0.6) is 5.75 Å². The van der Waals surface area contributed by atoms with Gasteiger partial charge in [-0.15, -0.1) is 0 Å². The predicted molar refractivity (Wildman–Crippen MR) is 91.1 cm³/mol. The van der Waals surface area contributed by atoms with E-state index < -0.39 is 6.10 Å². The van der Waals surface area contributed by atoms with Gasteiger partial charge < -0.3 is 15.2 Å². The summed E-state index contributed by atoms with van der Waals surface area (Å²) in [6.45, 7) is 7.02. The van der Waals surface area contributed by atoms with Crippen LogP contribution in [-0.4, -0.2) is 29.9 Å². The summed E-state index contributed by atoms with van der Waals surface area (Å²) in [4.78, 5) is 0. The van der Waals surface area contributed by atoms with Gasteiger partial charge in [0.15, 0.2) is 0 Å². The highest BCUT2D eigenvalue weighted by molar-refractivity contribution is 5.63. The maximum Gasteiger partial charge on any atom is 0.119 e. The third kappa shape index (κ3) is 5.51. The van der Waals surface area contributed by atoms with Gasteiger partial charge in [0.1, 0.15) is 18.5 Å². The van der Waals surface area contributed by atoms with Crippen LogP contribution in [0, 0.1) is 0 Å². The minimum Gasteiger partial charge on any atom is -0.491 e. The number of nitrogens with one attached hydrogen (secondary N) is 1. The summed E-state index contributed by atoms with van der Waals surface area (Å²) in [6, 6.07) is 18.2. The van der Waals surface area contributed by atoms with E-state index in [-0.39, 0.29) is 12.1 Å². The predicted octanol–water partition coefficient (Wildman–Crippen LogP) is 3.48. The van der Waals surface area contributed by atoms with Crippen molar-refractivity contribution in [1.29, 1.82) is 0 Å². The van der Waals surface area contributed by atoms with Gasteiger partial charge in [0, 0.05) is 12.1 Å². The van der Waals surface area contributed by atoms with Crippen LogP contribution in [-0.2, 0) is 0 Å². The van der Waals surface area contributed by atoms with Gasteiger partial charge in [-0.25, -0.2) is 0 Å². The highest BCUT2D eigenvalue weighted by Crippen LogP contribution is 2.22. The summed E-state index contributed by atoms with van der Waals surface area (Å²) in [5, 5.41) is 13.2. The van der Waals surface area contributed by atoms with Crippen molar-refractivity contribution in [1.82, 2.24) is 5.32 Å². The fourth-order valence-corrected chi connectivity index (χ4v) is 2.05. The first-order valence-corrected chi connectivity index (χ1v) is 7.65. The van der Waals surface area contributed by atoms with E-state index in [1.165, 1.54) is 5.56 Å². The second kappa shape index (κ2) is 7.43. The number of aliphatic hydroxyl groups excluding tert-OH is 1. The minimum absolute atomic E-state index is 0.00167. The van der Waals surface area contributed by atoms with Crippen LogP contribution < -0.4 is 10.1 Å². The van der Waals surface area contributed by atoms with Crippen LogP contribution in [0.25, 0.3) is 11.1 Å². The molecule has 0 radical (unpaired) electrons. The van der Waals surface area contributed by atoms with Crippen molar-refractivity contribution in [2.75, 3.05) is 13.2 Å². The molecule has 0 amide bonds. The van der Waals surface area contributed by atoms with E-state index in [1.807, 2.05) is 42.5 Å². The molecule has 1 unspecified atom stereocenters. The molecule has 0 spiro atoms. The summed E-state index contributed by atoms with van der Waals surface area (Å²) >= 11 is 0. The molecule has 0 saturated heterocycles. The van der Waals surface area contributed by atoms with E-state index >= 15 is 0 Å². The van der Waals surface area contributed by atoms with Crippen molar-refractivity contribution < 1.29 is 9.84 Å². The number of aliphatic hydroxyl groups is 1. The van der Waals surface area contributed by atoms with Crippen molar-refractivity contribution in [3.8, 4) is 16.9 Å². The molecule has 3 heteroatoms. The molecular formula is C19H25NO2. The van der Waals surface area contributed by atoms with E-state index in [0.29, 0.717) is 6.54 Å². The van der Waals surface area contributed by atoms with Crippen LogP contribution in [0.2, 0.25) is 0 Å². The van der Waals surface area contributed by atoms with E-state index in [0.717, 1.165) is 11.3 Å². The van der Waals surface area contributed by atoms with E-state index in [9.17, 15) is 5.11 Å². The quantitative estimate of drug-likeness (QED) is 0.858. The molecule has 0 aliphatic heterocycles. The average molecular weight is 299 g/mol. The number of hydrogen-bond acceptors (Lipinski definition) is 3. The topological polar surface area (TPSA) is 41.5 Å². The lowest BCUT2D eigenvalue weighted by atomic mass is 10.1. The van der Waals surface area contributed by atoms with Crippen LogP contribution in [0.1, 0.15) is 20.8 Å². The molecule has 2 aromatic rings. The van der Waals surface area contributed by atoms with Crippen molar-refractivity contribution in [3.05, 3.63) is 54.6 Å². The third-order valence-electron chi connectivity index (χ3n) is 3.27. The van der Waals surface area contributed by atoms with Crippen LogP contribution in [0.3, 0.4) is 0 Å². The molecule has 0 heterocycles. The van der Waals surface area contributed by atoms with Gasteiger partial charge >= 0.3 is 0 Å². The van der Waals surface area contributed by atoms with Gasteiger partial charge in [-0.1, -0.05) is 42.5 Å². The zero-order valence-corrected chi connectivity index (χ0v) is 13.5. The van der Waals surface area contributed by atoms with Crippen molar-refractivity contribution in [3.63, 3.8) is 0 Å². The molecule has 0 aliphatic carbocycles. The Morgan fingerprint density at radius 2 is 1.55 bits per heavy atom. The fraction of sp³-hybridized carbons (Fsp3) is 0.368. The van der Waals surface area contributed by atoms with E-state index in [4.69, 9.17) is 4.74 Å². The molecule has 2 N–H and O–H groups in total. The van der Waals surface area contributed by atoms with Gasteiger partial charge in [-0.2, -0.15) is 0 Å². The number of ether oxygens (including phenoxy) is 1. The molecule has 0 bridgehead atoms. The smallest absolute Gasteiger partial charge is 0.119 e. The SMILES string of the molecule is CC(C)(C)NCC(O)COc1ccc(-c2ccccc2)cc1. The second-order valence-corrected chi connectivity index (χ2v) is 6.49. The zero-order valence-electron chi connectivity index (χ0n) is 13.5. The van der Waals surface area contributed by atoms with E-state index in [2.05, 4.69) is 38.2 Å². The lowest BCUT2D eigenvalue weighted by Gasteiger charge is -2.23. The monoisotopic (exact) mass is 299 g/mol. The Balaban J connectivity index is 1.84. The Bertz CT molecular complexity index is 558. The molecule has 118 valence electrons. The van der Waals surface area contributed by atoms with E-state index in [1.54, 1.807) is 0 Å². The average Bonchev–Trinajstić information content (AvgIpc) is 2.51. The maximum absolute atomic E-state index is 9.92. The normalized spacial score (nSPS) is 12.9. The molecule has 0 aromatic heterocycles. The lowest BCUT2D eigenvalue weighted by Crippen LogP contribution is -2.42. The highest BCUT2D eigenvalue weighted by Gasteiger charge is 2.12. The van der Waals surface area contributed by atoms with Gasteiger partial charge in [0.25, 0.3) is 0 Å². The molecule has 1 atom stereocenters. The molecule has 3 nitrogen and oxygen atoms in total. The largest absolute Gasteiger partial charge is 0.491 e. The van der Waals surface area contributed by atoms with Crippen molar-refractivity contribution in [2.45, 2.75) is 32.4 Å². The first-order valence-electron chi connectivity index (χ1n) is 7.65. The van der Waals surface area contributed by atoms with Gasteiger partial charge in [0.2, 0.25) is 0 Å². The summed E-state index contributed by atoms with van der Waals surface area (Å²) < 4.78 is 5.63. The van der Waals surface area contributed by atoms with Gasteiger partial charge in [-0.3, -0.25) is 0 Å². The first kappa shape index (κ1) is 16.5. The summed E-state index contributed by atoms with van der Waals surface area (Å²) in [6.07, 6.45) is -0.520. The number of benzene rings is 2. The lowest BCUT2D eigenvalue weighted by molar-refractivity contribution is 0.100. The molecular weight excluding hydrogens is 274 g/mol. The Morgan fingerprint density at radius 3 is 2.14 bits per heavy atom. The van der Waals surface area contributed by atoms with Crippen molar-refractivity contribution in [2.24, 2.45) is 0 Å². The van der Waals surface area contributed by atoms with Crippen LogP contribution in [0.15, 0.2) is 54.6 Å². The number of β-amino-alcohol motifs (C(OH)–C–C–N with tert-alkyl or cyclic N) is 1. The Kier molecular flexibility index (Phi) is 5.58. The summed E-state index contributed by atoms with van der Waals surface area (Å²) in [5.41, 5.74) is 2.34. The Morgan fingerprint density at radius 1 is 0.955 bits per heavy atom. The number of hydrogen-bond donors (Lipinski definition) is 2. The highest BCUT2D eigenvalue weighted by atomic mass is 16.5. The summed E-state index contributed by atoms with van der Waals surface area (Å²) in [5.74, 6) is 0.773. The fourth-order valence-electron chi connectivity index (χ4n) is 2.05. The Labute approximate surface area is 133 Å². The second-order valence-electron chi connectivity index (χ2n) is 6.49. The third-order valence-corrected chi connectivity index (χ3v) is 3.27. The standard InChI is InChI=1S/C19H25NO2/c1-19(2,3)20-13-17(21)14-22-18-11-9-16(10-12-18)15-7-5-4-6-8-15/h4-12,17,20-21H,13-14H2,1-3H3. The van der Waals surface area contributed by atoms with Crippen LogP contribution in [0.4, 0.5) is 0 Å². The zero-order chi connectivity index (χ0) is 16.0. The molecule has 2 aromatic carbocycles. The molecule has 2 rings (SSSR count). The van der Waals surface area contributed by atoms with Crippen molar-refractivity contribution >= 4 is 0 Å². The molecule has 22 heavy (non-hydrogen) atoms. The first-order chi connectivity index (χ1) is 10.4.